The molecule has 0 unspecified atom stereocenters. The van der Waals surface area contributed by atoms with Crippen molar-refractivity contribution in [2.45, 2.75) is 6.54 Å². The monoisotopic (exact) mass is 381 g/mol. The summed E-state index contributed by atoms with van der Waals surface area (Å²) in [5, 5.41) is 1.19. The first-order valence-electron chi connectivity index (χ1n) is 4.43. The van der Waals surface area contributed by atoms with Gasteiger partial charge >= 0.3 is 0 Å². The maximum Gasteiger partial charge on any atom is 0.137 e. The lowest BCUT2D eigenvalue weighted by atomic mass is 10.2. The van der Waals surface area contributed by atoms with Crippen LogP contribution in [0.15, 0.2) is 22.9 Å². The molecule has 3 nitrogen and oxygen atoms in total. The van der Waals surface area contributed by atoms with Gasteiger partial charge in [0.15, 0.2) is 0 Å². The van der Waals surface area contributed by atoms with Crippen LogP contribution in [0.25, 0.3) is 11.0 Å². The molecule has 1 N–H and O–H groups in total. The number of nitrogens with zero attached hydrogens (tertiary/aromatic N) is 2. The second-order valence-electron chi connectivity index (χ2n) is 3.60. The third kappa shape index (κ3) is 2.92. The molecule has 0 aliphatic carbocycles. The zero-order valence-corrected chi connectivity index (χ0v) is 12.5. The van der Waals surface area contributed by atoms with Crippen LogP contribution in [0.4, 0.5) is 0 Å². The van der Waals surface area contributed by atoms with Gasteiger partial charge in [-0.3, -0.25) is 0 Å². The Morgan fingerprint density at radius 3 is 2.87 bits per heavy atom. The lowest BCUT2D eigenvalue weighted by Crippen LogP contribution is -2.10. The molecule has 15 heavy (non-hydrogen) atoms. The summed E-state index contributed by atoms with van der Waals surface area (Å²) in [6, 6.07) is 2.09. The number of nitrogens with one attached hydrogen (secondary N) is 1. The van der Waals surface area contributed by atoms with Crippen LogP contribution >= 0.6 is 39.9 Å². The summed E-state index contributed by atoms with van der Waals surface area (Å²) in [5.74, 6) is 0. The Morgan fingerprint density at radius 2 is 2.20 bits per heavy atom. The second-order valence-corrected chi connectivity index (χ2v) is 4.52. The summed E-state index contributed by atoms with van der Waals surface area (Å²) in [6.45, 7) is 0.929. The molecular formula is C10H13BrIN3. The summed E-state index contributed by atoms with van der Waals surface area (Å²) in [6.07, 6.45) is 3.82. The molecule has 2 rings (SSSR count). The molecule has 2 aromatic rings. The highest BCUT2D eigenvalue weighted by Crippen LogP contribution is 2.21. The minimum absolute atomic E-state index is 0. The smallest absolute Gasteiger partial charge is 0.137 e. The van der Waals surface area contributed by atoms with Gasteiger partial charge in [0.1, 0.15) is 5.65 Å². The van der Waals surface area contributed by atoms with Crippen molar-refractivity contribution < 1.29 is 0 Å². The summed E-state index contributed by atoms with van der Waals surface area (Å²) in [7, 11) is 4.12. The number of pyridine rings is 1. The molecule has 2 heterocycles. The number of aromatic nitrogens is 2. The standard InChI is InChI=1S/C10H12BrN3.HI/c1-14(2)6-7-4-12-10-9(7)3-8(11)5-13-10;/h3-5H,6H2,1-2H3,(H,12,13);1H. The number of H-pyrrole nitrogens is 1. The molecule has 0 aliphatic rings. The van der Waals surface area contributed by atoms with Crippen LogP contribution in [0.5, 0.6) is 0 Å². The molecule has 0 bridgehead atoms. The first-order chi connectivity index (χ1) is 6.66. The van der Waals surface area contributed by atoms with Crippen molar-refractivity contribution >= 4 is 50.9 Å². The third-order valence-electron chi connectivity index (χ3n) is 2.07. The maximum absolute atomic E-state index is 4.29. The Hall–Kier alpha value is -0.140. The first-order valence-corrected chi connectivity index (χ1v) is 5.22. The summed E-state index contributed by atoms with van der Waals surface area (Å²) in [5.41, 5.74) is 2.23. The van der Waals surface area contributed by atoms with Crippen molar-refractivity contribution in [3.8, 4) is 0 Å². The maximum atomic E-state index is 4.29. The van der Waals surface area contributed by atoms with Crippen LogP contribution in [0, 0.1) is 0 Å². The fraction of sp³-hybridized carbons (Fsp3) is 0.300. The van der Waals surface area contributed by atoms with E-state index in [1.54, 1.807) is 6.20 Å². The number of rotatable bonds is 2. The molecule has 0 aliphatic heterocycles. The number of hydrogen-bond acceptors (Lipinski definition) is 2. The average Bonchev–Trinajstić information content (AvgIpc) is 2.47. The lowest BCUT2D eigenvalue weighted by Gasteiger charge is -2.07. The van der Waals surface area contributed by atoms with Crippen molar-refractivity contribution in [1.82, 2.24) is 14.9 Å². The van der Waals surface area contributed by atoms with Crippen LogP contribution in [-0.4, -0.2) is 29.0 Å². The van der Waals surface area contributed by atoms with Crippen molar-refractivity contribution in [3.63, 3.8) is 0 Å². The Morgan fingerprint density at radius 1 is 1.47 bits per heavy atom. The van der Waals surface area contributed by atoms with Gasteiger partial charge in [0.2, 0.25) is 0 Å². The molecule has 0 fully saturated rings. The molecule has 0 amide bonds. The van der Waals surface area contributed by atoms with Crippen LogP contribution < -0.4 is 0 Å². The minimum atomic E-state index is 0. The Labute approximate surface area is 114 Å². The SMILES string of the molecule is CN(C)Cc1c[nH]c2ncc(Br)cc12.I. The van der Waals surface area contributed by atoms with E-state index in [2.05, 4.69) is 51.0 Å². The van der Waals surface area contributed by atoms with Gasteiger partial charge in [0, 0.05) is 28.8 Å². The van der Waals surface area contributed by atoms with E-state index in [-0.39, 0.29) is 24.0 Å². The number of hydrogen-bond donors (Lipinski definition) is 1. The van der Waals surface area contributed by atoms with Gasteiger partial charge in [0.05, 0.1) is 0 Å². The lowest BCUT2D eigenvalue weighted by molar-refractivity contribution is 0.404. The predicted octanol–water partition coefficient (Wildman–Crippen LogP) is 3.01. The van der Waals surface area contributed by atoms with Gasteiger partial charge < -0.3 is 9.88 Å². The van der Waals surface area contributed by atoms with E-state index in [4.69, 9.17) is 0 Å². The first kappa shape index (κ1) is 12.9. The summed E-state index contributed by atoms with van der Waals surface area (Å²) in [4.78, 5) is 9.59. The van der Waals surface area contributed by atoms with Gasteiger partial charge in [-0.15, -0.1) is 24.0 Å². The van der Waals surface area contributed by atoms with E-state index < -0.39 is 0 Å². The zero-order chi connectivity index (χ0) is 10.1. The van der Waals surface area contributed by atoms with Crippen LogP contribution in [-0.2, 0) is 6.54 Å². The average molecular weight is 382 g/mol. The molecule has 0 aromatic carbocycles. The van der Waals surface area contributed by atoms with E-state index in [1.165, 1.54) is 10.9 Å². The van der Waals surface area contributed by atoms with Gasteiger partial charge in [-0.25, -0.2) is 4.98 Å². The van der Waals surface area contributed by atoms with E-state index in [0.29, 0.717) is 0 Å². The van der Waals surface area contributed by atoms with Crippen LogP contribution in [0.1, 0.15) is 5.56 Å². The van der Waals surface area contributed by atoms with Crippen molar-refractivity contribution in [2.24, 2.45) is 0 Å². The molecule has 0 saturated heterocycles. The van der Waals surface area contributed by atoms with E-state index >= 15 is 0 Å². The fourth-order valence-corrected chi connectivity index (χ4v) is 1.84. The largest absolute Gasteiger partial charge is 0.346 e. The highest BCUT2D eigenvalue weighted by atomic mass is 127. The number of aromatic amines is 1. The Kier molecular flexibility index (Phi) is 4.54. The minimum Gasteiger partial charge on any atom is -0.346 e. The molecule has 0 spiro atoms. The fourth-order valence-electron chi connectivity index (χ4n) is 1.50. The van der Waals surface area contributed by atoms with Gasteiger partial charge in [-0.2, -0.15) is 0 Å². The van der Waals surface area contributed by atoms with E-state index in [1.807, 2.05) is 6.20 Å². The molecule has 0 radical (unpaired) electrons. The van der Waals surface area contributed by atoms with E-state index in [9.17, 15) is 0 Å². The third-order valence-corrected chi connectivity index (χ3v) is 2.50. The molecule has 0 saturated carbocycles. The van der Waals surface area contributed by atoms with E-state index in [0.717, 1.165) is 16.7 Å². The normalized spacial score (nSPS) is 10.7. The second kappa shape index (κ2) is 5.27. The van der Waals surface area contributed by atoms with Crippen molar-refractivity contribution in [2.75, 3.05) is 14.1 Å². The molecule has 2 aromatic heterocycles. The van der Waals surface area contributed by atoms with Crippen LogP contribution in [0.2, 0.25) is 0 Å². The highest BCUT2D eigenvalue weighted by Gasteiger charge is 2.05. The quantitative estimate of drug-likeness (QED) is 0.811. The van der Waals surface area contributed by atoms with Gasteiger partial charge in [0.25, 0.3) is 0 Å². The molecule has 5 heteroatoms. The number of fused-ring (bicyclic) bond motifs is 1. The summed E-state index contributed by atoms with van der Waals surface area (Å²) < 4.78 is 1.02. The van der Waals surface area contributed by atoms with Gasteiger partial charge in [-0.1, -0.05) is 0 Å². The van der Waals surface area contributed by atoms with Gasteiger partial charge in [-0.05, 0) is 41.7 Å². The predicted molar refractivity (Wildman–Crippen MR) is 76.6 cm³/mol. The number of halogens is 2. The highest BCUT2D eigenvalue weighted by molar-refractivity contribution is 14.0. The Balaban J connectivity index is 0.00000112. The van der Waals surface area contributed by atoms with Crippen molar-refractivity contribution in [3.05, 3.63) is 28.5 Å². The molecular weight excluding hydrogens is 369 g/mol. The Bertz CT molecular complexity index is 453. The molecule has 0 atom stereocenters. The zero-order valence-electron chi connectivity index (χ0n) is 8.62. The van der Waals surface area contributed by atoms with Crippen molar-refractivity contribution in [1.29, 1.82) is 0 Å². The molecule has 82 valence electrons. The topological polar surface area (TPSA) is 31.9 Å². The van der Waals surface area contributed by atoms with Crippen LogP contribution in [0.3, 0.4) is 0 Å². The summed E-state index contributed by atoms with van der Waals surface area (Å²) >= 11 is 3.43.